The molecule has 0 atom stereocenters. The first-order chi connectivity index (χ1) is 14.0. The molecule has 3 aromatic rings. The quantitative estimate of drug-likeness (QED) is 0.580. The molecule has 2 aromatic carbocycles. The summed E-state index contributed by atoms with van der Waals surface area (Å²) in [4.78, 5) is 6.27. The van der Waals surface area contributed by atoms with Crippen molar-refractivity contribution in [3.8, 4) is 11.3 Å². The monoisotopic (exact) mass is 411 g/mol. The van der Waals surface area contributed by atoms with E-state index in [0.717, 1.165) is 25.0 Å². The van der Waals surface area contributed by atoms with E-state index in [9.17, 15) is 13.9 Å². The summed E-state index contributed by atoms with van der Waals surface area (Å²) in [6, 6.07) is 13.8. The molecule has 1 aromatic heterocycles. The lowest BCUT2D eigenvalue weighted by atomic mass is 10.1. The molecule has 2 N–H and O–H groups in total. The molecule has 148 valence electrons. The van der Waals surface area contributed by atoms with Crippen molar-refractivity contribution in [3.63, 3.8) is 0 Å². The van der Waals surface area contributed by atoms with E-state index < -0.39 is 11.6 Å². The van der Waals surface area contributed by atoms with Crippen molar-refractivity contribution in [1.82, 2.24) is 9.88 Å². The van der Waals surface area contributed by atoms with Crippen molar-refractivity contribution in [2.75, 3.05) is 13.1 Å². The first-order valence-electron chi connectivity index (χ1n) is 9.24. The van der Waals surface area contributed by atoms with Gasteiger partial charge in [0.25, 0.3) is 0 Å². The number of amidine groups is 1. The summed E-state index contributed by atoms with van der Waals surface area (Å²) in [7, 11) is 0. The number of nitrogens with one attached hydrogen (secondary N) is 1. The largest absolute Gasteiger partial charge is 0.510 e. The van der Waals surface area contributed by atoms with Gasteiger partial charge in [-0.05, 0) is 36.6 Å². The number of hydrogen-bond acceptors (Lipinski definition) is 4. The predicted molar refractivity (Wildman–Crippen MR) is 111 cm³/mol. The van der Waals surface area contributed by atoms with Gasteiger partial charge in [-0.15, -0.1) is 11.3 Å². The lowest BCUT2D eigenvalue weighted by Gasteiger charge is -2.18. The molecule has 1 aliphatic rings. The van der Waals surface area contributed by atoms with Crippen molar-refractivity contribution in [2.24, 2.45) is 0 Å². The molecule has 4 rings (SSSR count). The molecule has 7 heteroatoms. The van der Waals surface area contributed by atoms with E-state index in [-0.39, 0.29) is 18.1 Å². The van der Waals surface area contributed by atoms with Gasteiger partial charge < -0.3 is 10.0 Å². The number of benzene rings is 2. The molecule has 0 amide bonds. The third kappa shape index (κ3) is 4.05. The van der Waals surface area contributed by atoms with Gasteiger partial charge in [-0.1, -0.05) is 30.3 Å². The molecule has 0 radical (unpaired) electrons. The van der Waals surface area contributed by atoms with E-state index in [4.69, 9.17) is 5.41 Å². The summed E-state index contributed by atoms with van der Waals surface area (Å²) in [6.07, 6.45) is 1.77. The summed E-state index contributed by atoms with van der Waals surface area (Å²) in [5, 5.41) is 21.1. The van der Waals surface area contributed by atoms with Crippen LogP contribution in [0.3, 0.4) is 0 Å². The van der Waals surface area contributed by atoms with Crippen LogP contribution < -0.4 is 0 Å². The van der Waals surface area contributed by atoms with Crippen molar-refractivity contribution >= 4 is 22.7 Å². The Morgan fingerprint density at radius 1 is 1.10 bits per heavy atom. The summed E-state index contributed by atoms with van der Waals surface area (Å²) in [6.45, 7) is 0.936. The molecule has 2 heterocycles. The molecular weight excluding hydrogens is 392 g/mol. The highest BCUT2D eigenvalue weighted by Crippen LogP contribution is 2.32. The van der Waals surface area contributed by atoms with E-state index in [1.54, 1.807) is 5.38 Å². The summed E-state index contributed by atoms with van der Waals surface area (Å²) in [5.41, 5.74) is 2.59. The van der Waals surface area contributed by atoms with Crippen LogP contribution in [0.25, 0.3) is 16.8 Å². The zero-order chi connectivity index (χ0) is 20.4. The molecule has 0 fully saturated rings. The Hall–Kier alpha value is -3.06. The van der Waals surface area contributed by atoms with E-state index in [2.05, 4.69) is 17.1 Å². The Balaban J connectivity index is 1.45. The predicted octanol–water partition coefficient (Wildman–Crippen LogP) is 5.28. The van der Waals surface area contributed by atoms with Crippen LogP contribution in [0.2, 0.25) is 0 Å². The maximum Gasteiger partial charge on any atom is 0.159 e. The summed E-state index contributed by atoms with van der Waals surface area (Å²) >= 11 is 1.27. The number of aryl methyl sites for hydroxylation is 1. The second-order valence-electron chi connectivity index (χ2n) is 6.85. The zero-order valence-electron chi connectivity index (χ0n) is 15.5. The lowest BCUT2D eigenvalue weighted by molar-refractivity contribution is 0.347. The third-order valence-electron chi connectivity index (χ3n) is 4.85. The number of thiazole rings is 1. The second kappa shape index (κ2) is 8.13. The van der Waals surface area contributed by atoms with E-state index in [1.165, 1.54) is 23.0 Å². The van der Waals surface area contributed by atoms with Crippen LogP contribution in [0.1, 0.15) is 17.0 Å². The van der Waals surface area contributed by atoms with Crippen LogP contribution in [0.4, 0.5) is 8.78 Å². The maximum atomic E-state index is 13.5. The van der Waals surface area contributed by atoms with Crippen molar-refractivity contribution in [2.45, 2.75) is 12.8 Å². The van der Waals surface area contributed by atoms with Crippen LogP contribution >= 0.6 is 11.3 Å². The Bertz CT molecular complexity index is 1080. The van der Waals surface area contributed by atoms with Crippen molar-refractivity contribution < 1.29 is 13.9 Å². The van der Waals surface area contributed by atoms with Gasteiger partial charge in [0.15, 0.2) is 11.6 Å². The average Bonchev–Trinajstić information content (AvgIpc) is 3.29. The molecule has 29 heavy (non-hydrogen) atoms. The first-order valence-corrected chi connectivity index (χ1v) is 10.1. The van der Waals surface area contributed by atoms with Crippen LogP contribution in [-0.2, 0) is 6.42 Å². The topological polar surface area (TPSA) is 60.2 Å². The number of aliphatic hydroxyl groups excluding tert-OH is 1. The Labute approximate surface area is 171 Å². The summed E-state index contributed by atoms with van der Waals surface area (Å²) < 4.78 is 26.7. The molecule has 4 nitrogen and oxygen atoms in total. The molecule has 0 saturated carbocycles. The van der Waals surface area contributed by atoms with Crippen molar-refractivity contribution in [3.05, 3.63) is 81.9 Å². The van der Waals surface area contributed by atoms with Crippen LogP contribution in [0.15, 0.2) is 59.7 Å². The SMILES string of the molecule is N=C1C(c2nc(-c3ccc(F)c(F)c3)cs2)=C(O)CN1CCCc1ccccc1. The Kier molecular flexibility index (Phi) is 5.40. The number of rotatable bonds is 6. The minimum atomic E-state index is -0.933. The maximum absolute atomic E-state index is 13.5. The number of aliphatic hydroxyl groups is 1. The average molecular weight is 411 g/mol. The number of aromatic nitrogens is 1. The molecule has 0 saturated heterocycles. The number of nitrogens with zero attached hydrogens (tertiary/aromatic N) is 2. The van der Waals surface area contributed by atoms with Gasteiger partial charge in [0.05, 0.1) is 17.8 Å². The van der Waals surface area contributed by atoms with E-state index >= 15 is 0 Å². The first kappa shape index (κ1) is 19.3. The van der Waals surface area contributed by atoms with Crippen LogP contribution in [0, 0.1) is 17.0 Å². The molecule has 1 aliphatic heterocycles. The van der Waals surface area contributed by atoms with Gasteiger partial charge in [-0.3, -0.25) is 5.41 Å². The summed E-state index contributed by atoms with van der Waals surface area (Å²) in [5.74, 6) is -1.49. The minimum absolute atomic E-state index is 0.112. The third-order valence-corrected chi connectivity index (χ3v) is 5.71. The van der Waals surface area contributed by atoms with E-state index in [1.807, 2.05) is 23.1 Å². The fourth-order valence-corrected chi connectivity index (χ4v) is 4.24. The fourth-order valence-electron chi connectivity index (χ4n) is 3.34. The molecule has 0 aliphatic carbocycles. The zero-order valence-corrected chi connectivity index (χ0v) is 16.3. The van der Waals surface area contributed by atoms with Gasteiger partial charge >= 0.3 is 0 Å². The Morgan fingerprint density at radius 2 is 1.90 bits per heavy atom. The van der Waals surface area contributed by atoms with Gasteiger partial charge in [0.1, 0.15) is 16.6 Å². The lowest BCUT2D eigenvalue weighted by Crippen LogP contribution is -2.28. The van der Waals surface area contributed by atoms with Crippen molar-refractivity contribution in [1.29, 1.82) is 5.41 Å². The van der Waals surface area contributed by atoms with Gasteiger partial charge in [-0.2, -0.15) is 0 Å². The Morgan fingerprint density at radius 3 is 2.66 bits per heavy atom. The highest BCUT2D eigenvalue weighted by atomic mass is 32.1. The second-order valence-corrected chi connectivity index (χ2v) is 7.71. The number of halogens is 2. The van der Waals surface area contributed by atoms with Gasteiger partial charge in [0.2, 0.25) is 0 Å². The smallest absolute Gasteiger partial charge is 0.159 e. The molecule has 0 unspecified atom stereocenters. The number of hydrogen-bond donors (Lipinski definition) is 2. The molecular formula is C22H19F2N3OS. The van der Waals surface area contributed by atoms with E-state index in [0.29, 0.717) is 28.4 Å². The van der Waals surface area contributed by atoms with Gasteiger partial charge in [0, 0.05) is 17.5 Å². The molecule has 0 spiro atoms. The van der Waals surface area contributed by atoms with Crippen LogP contribution in [-0.4, -0.2) is 33.9 Å². The van der Waals surface area contributed by atoms with Crippen LogP contribution in [0.5, 0.6) is 0 Å². The highest BCUT2D eigenvalue weighted by molar-refractivity contribution is 7.11. The highest BCUT2D eigenvalue weighted by Gasteiger charge is 2.30. The normalized spacial score (nSPS) is 14.1. The van der Waals surface area contributed by atoms with Gasteiger partial charge in [-0.25, -0.2) is 13.8 Å². The minimum Gasteiger partial charge on any atom is -0.510 e. The molecule has 0 bridgehead atoms. The standard InChI is InChI=1S/C22H19F2N3OS/c23-16-9-8-15(11-17(16)24)18-13-29-22(26-18)20-19(28)12-27(21(20)25)10-4-7-14-5-2-1-3-6-14/h1-3,5-6,8-9,11,13,25,28H,4,7,10,12H2. The fraction of sp³-hybridized carbons (Fsp3) is 0.182.